The zero-order valence-corrected chi connectivity index (χ0v) is 14.4. The molecule has 0 saturated heterocycles. The van der Waals surface area contributed by atoms with Gasteiger partial charge in [0.25, 0.3) is 0 Å². The third-order valence-electron chi connectivity index (χ3n) is 6.64. The van der Waals surface area contributed by atoms with Gasteiger partial charge < -0.3 is 10.2 Å². The van der Waals surface area contributed by atoms with E-state index in [1.165, 1.54) is 44.9 Å². The Morgan fingerprint density at radius 1 is 1.10 bits per heavy atom. The van der Waals surface area contributed by atoms with E-state index in [-0.39, 0.29) is 0 Å². The Hall–Kier alpha value is -0.0800. The Kier molecular flexibility index (Phi) is 5.53. The van der Waals surface area contributed by atoms with Crippen molar-refractivity contribution in [3.63, 3.8) is 0 Å². The van der Waals surface area contributed by atoms with Gasteiger partial charge in [-0.2, -0.15) is 0 Å². The Morgan fingerprint density at radius 2 is 1.80 bits per heavy atom. The van der Waals surface area contributed by atoms with Crippen molar-refractivity contribution in [2.75, 3.05) is 20.6 Å². The lowest BCUT2D eigenvalue weighted by Gasteiger charge is -2.47. The molecule has 2 saturated carbocycles. The van der Waals surface area contributed by atoms with E-state index < -0.39 is 0 Å². The molecule has 20 heavy (non-hydrogen) atoms. The van der Waals surface area contributed by atoms with Crippen molar-refractivity contribution in [3.8, 4) is 0 Å². The number of nitrogens with one attached hydrogen (secondary N) is 1. The van der Waals surface area contributed by atoms with E-state index in [9.17, 15) is 0 Å². The summed E-state index contributed by atoms with van der Waals surface area (Å²) in [4.78, 5) is 2.49. The van der Waals surface area contributed by atoms with Gasteiger partial charge in [-0.25, -0.2) is 0 Å². The highest BCUT2D eigenvalue weighted by molar-refractivity contribution is 5.00. The Bertz CT molecular complexity index is 296. The minimum atomic E-state index is 0.331. The summed E-state index contributed by atoms with van der Waals surface area (Å²) in [7, 11) is 4.55. The molecule has 2 nitrogen and oxygen atoms in total. The molecule has 118 valence electrons. The molecule has 0 heterocycles. The van der Waals surface area contributed by atoms with Gasteiger partial charge in [-0.1, -0.05) is 27.2 Å². The van der Waals surface area contributed by atoms with Crippen molar-refractivity contribution in [3.05, 3.63) is 0 Å². The molecule has 4 unspecified atom stereocenters. The molecule has 2 fully saturated rings. The molecule has 2 aliphatic carbocycles. The number of fused-ring (bicyclic) bond motifs is 2. The van der Waals surface area contributed by atoms with E-state index in [2.05, 4.69) is 45.1 Å². The van der Waals surface area contributed by atoms with Crippen LogP contribution < -0.4 is 5.32 Å². The van der Waals surface area contributed by atoms with Crippen LogP contribution in [0.15, 0.2) is 0 Å². The molecule has 1 N–H and O–H groups in total. The lowest BCUT2D eigenvalue weighted by atomic mass is 9.75. The standard InChI is InChI=1S/C18H36N2/c1-6-18(7-2,20(4)5)17(19-8-3)13-16-12-14-9-10-15(16)11-14/h14-17,19H,6-13H2,1-5H3. The first-order chi connectivity index (χ1) is 9.57. The lowest BCUT2D eigenvalue weighted by molar-refractivity contribution is 0.0706. The van der Waals surface area contributed by atoms with Crippen molar-refractivity contribution >= 4 is 0 Å². The molecule has 0 aromatic carbocycles. The number of hydrogen-bond donors (Lipinski definition) is 1. The third-order valence-corrected chi connectivity index (χ3v) is 6.64. The second-order valence-electron chi connectivity index (χ2n) is 7.49. The summed E-state index contributed by atoms with van der Waals surface area (Å²) in [5.41, 5.74) is 0.331. The molecule has 2 rings (SSSR count). The van der Waals surface area contributed by atoms with Crippen LogP contribution in [0.3, 0.4) is 0 Å². The highest BCUT2D eigenvalue weighted by Crippen LogP contribution is 2.50. The first kappa shape index (κ1) is 16.3. The molecule has 2 aliphatic rings. The van der Waals surface area contributed by atoms with Gasteiger partial charge >= 0.3 is 0 Å². The topological polar surface area (TPSA) is 15.3 Å². The molecule has 0 aliphatic heterocycles. The minimum absolute atomic E-state index is 0.331. The van der Waals surface area contributed by atoms with Crippen LogP contribution in [0.25, 0.3) is 0 Å². The summed E-state index contributed by atoms with van der Waals surface area (Å²) in [6, 6.07) is 0.654. The van der Waals surface area contributed by atoms with E-state index in [1.807, 2.05) is 0 Å². The Morgan fingerprint density at radius 3 is 2.20 bits per heavy atom. The van der Waals surface area contributed by atoms with Crippen LogP contribution in [0.2, 0.25) is 0 Å². The quantitative estimate of drug-likeness (QED) is 0.725. The summed E-state index contributed by atoms with van der Waals surface area (Å²) in [5.74, 6) is 3.12. The zero-order valence-electron chi connectivity index (χ0n) is 14.4. The number of nitrogens with zero attached hydrogens (tertiary/aromatic N) is 1. The molecule has 0 aromatic heterocycles. The van der Waals surface area contributed by atoms with Crippen LogP contribution in [0, 0.1) is 17.8 Å². The summed E-state index contributed by atoms with van der Waals surface area (Å²) < 4.78 is 0. The average molecular weight is 280 g/mol. The fraction of sp³-hybridized carbons (Fsp3) is 1.00. The maximum absolute atomic E-state index is 3.85. The van der Waals surface area contributed by atoms with Crippen LogP contribution in [0.1, 0.15) is 65.7 Å². The number of likely N-dealkylation sites (N-methyl/N-ethyl adjacent to an activating group) is 2. The summed E-state index contributed by atoms with van der Waals surface area (Å²) in [6.45, 7) is 8.10. The van der Waals surface area contributed by atoms with Gasteiger partial charge in [-0.05, 0) is 76.9 Å². The molecule has 2 heteroatoms. The fourth-order valence-corrected chi connectivity index (χ4v) is 5.39. The van der Waals surface area contributed by atoms with Gasteiger partial charge in [-0.3, -0.25) is 0 Å². The highest BCUT2D eigenvalue weighted by atomic mass is 15.2. The Balaban J connectivity index is 2.08. The van der Waals surface area contributed by atoms with Gasteiger partial charge in [0.1, 0.15) is 0 Å². The van der Waals surface area contributed by atoms with Crippen LogP contribution >= 0.6 is 0 Å². The van der Waals surface area contributed by atoms with Crippen molar-refractivity contribution in [2.24, 2.45) is 17.8 Å². The van der Waals surface area contributed by atoms with Gasteiger partial charge in [0.15, 0.2) is 0 Å². The molecule has 4 atom stereocenters. The van der Waals surface area contributed by atoms with Crippen LogP contribution in [0.5, 0.6) is 0 Å². The van der Waals surface area contributed by atoms with Crippen molar-refractivity contribution in [1.82, 2.24) is 10.2 Å². The summed E-state index contributed by atoms with van der Waals surface area (Å²) in [5, 5.41) is 3.85. The van der Waals surface area contributed by atoms with Crippen LogP contribution in [-0.4, -0.2) is 37.1 Å². The second-order valence-corrected chi connectivity index (χ2v) is 7.49. The Labute approximate surface area is 126 Å². The van der Waals surface area contributed by atoms with E-state index >= 15 is 0 Å². The lowest BCUT2D eigenvalue weighted by Crippen LogP contribution is -2.59. The van der Waals surface area contributed by atoms with E-state index in [4.69, 9.17) is 0 Å². The van der Waals surface area contributed by atoms with Crippen molar-refractivity contribution in [1.29, 1.82) is 0 Å². The predicted octanol–water partition coefficient (Wildman–Crippen LogP) is 3.91. The fourth-order valence-electron chi connectivity index (χ4n) is 5.39. The maximum atomic E-state index is 3.85. The van der Waals surface area contributed by atoms with E-state index in [0.717, 1.165) is 24.3 Å². The van der Waals surface area contributed by atoms with Gasteiger partial charge in [0, 0.05) is 11.6 Å². The van der Waals surface area contributed by atoms with E-state index in [0.29, 0.717) is 11.6 Å². The first-order valence-electron chi connectivity index (χ1n) is 8.98. The molecule has 2 bridgehead atoms. The SMILES string of the molecule is CCNC(CC1CC2CCC1C2)C(CC)(CC)N(C)C. The molecule has 0 aromatic rings. The molecular formula is C18H36N2. The zero-order chi connectivity index (χ0) is 14.8. The average Bonchev–Trinajstić information content (AvgIpc) is 3.03. The normalized spacial score (nSPS) is 31.2. The van der Waals surface area contributed by atoms with Crippen molar-refractivity contribution < 1.29 is 0 Å². The maximum Gasteiger partial charge on any atom is 0.0351 e. The molecule has 0 spiro atoms. The predicted molar refractivity (Wildman–Crippen MR) is 88.0 cm³/mol. The minimum Gasteiger partial charge on any atom is -0.312 e. The largest absolute Gasteiger partial charge is 0.312 e. The molecular weight excluding hydrogens is 244 g/mol. The van der Waals surface area contributed by atoms with E-state index in [1.54, 1.807) is 0 Å². The number of hydrogen-bond acceptors (Lipinski definition) is 2. The van der Waals surface area contributed by atoms with Gasteiger partial charge in [-0.15, -0.1) is 0 Å². The summed E-state index contributed by atoms with van der Waals surface area (Å²) >= 11 is 0. The number of rotatable bonds is 8. The van der Waals surface area contributed by atoms with Crippen LogP contribution in [-0.2, 0) is 0 Å². The van der Waals surface area contributed by atoms with Gasteiger partial charge in [0.05, 0.1) is 0 Å². The highest BCUT2D eigenvalue weighted by Gasteiger charge is 2.44. The molecule has 0 radical (unpaired) electrons. The van der Waals surface area contributed by atoms with Crippen LogP contribution in [0.4, 0.5) is 0 Å². The third kappa shape index (κ3) is 2.92. The second kappa shape index (κ2) is 6.79. The van der Waals surface area contributed by atoms with Crippen molar-refractivity contribution in [2.45, 2.75) is 77.3 Å². The first-order valence-corrected chi connectivity index (χ1v) is 8.98. The molecule has 0 amide bonds. The van der Waals surface area contributed by atoms with Gasteiger partial charge in [0.2, 0.25) is 0 Å². The smallest absolute Gasteiger partial charge is 0.0351 e. The monoisotopic (exact) mass is 280 g/mol. The summed E-state index contributed by atoms with van der Waals surface area (Å²) in [6.07, 6.45) is 9.98.